The van der Waals surface area contributed by atoms with E-state index in [1.165, 1.54) is 63.8 Å². The van der Waals surface area contributed by atoms with Crippen molar-refractivity contribution in [2.24, 2.45) is 5.92 Å². The van der Waals surface area contributed by atoms with Crippen LogP contribution in [-0.4, -0.2) is 15.1 Å². The highest BCUT2D eigenvalue weighted by Crippen LogP contribution is 2.36. The van der Waals surface area contributed by atoms with Crippen LogP contribution in [0.15, 0.2) is 12.4 Å². The fourth-order valence-electron chi connectivity index (χ4n) is 2.93. The van der Waals surface area contributed by atoms with E-state index in [-0.39, 0.29) is 5.75 Å². The first-order valence-electron chi connectivity index (χ1n) is 7.30. The zero-order valence-electron chi connectivity index (χ0n) is 11.3. The van der Waals surface area contributed by atoms with Crippen molar-refractivity contribution in [1.82, 2.24) is 9.97 Å². The first-order chi connectivity index (χ1) is 8.79. The third-order valence-corrected chi connectivity index (χ3v) is 4.09. The molecule has 1 saturated carbocycles. The van der Waals surface area contributed by atoms with Crippen molar-refractivity contribution in [3.05, 3.63) is 18.2 Å². The standard InChI is InChI=1S/C15H24N2O/c1-2-3-4-5-12-6-8-13(9-7-12)15-16-10-14(18)11-17-15/h10-13,18H,2-9H2,1H3/t12-,13-. The van der Waals surface area contributed by atoms with E-state index in [1.54, 1.807) is 0 Å². The smallest absolute Gasteiger partial charge is 0.152 e. The predicted molar refractivity (Wildman–Crippen MR) is 72.5 cm³/mol. The molecule has 0 atom stereocenters. The average Bonchev–Trinajstić information content (AvgIpc) is 2.41. The van der Waals surface area contributed by atoms with E-state index in [0.29, 0.717) is 5.92 Å². The van der Waals surface area contributed by atoms with Gasteiger partial charge in [-0.05, 0) is 31.6 Å². The number of rotatable bonds is 5. The van der Waals surface area contributed by atoms with Crippen molar-refractivity contribution in [1.29, 1.82) is 0 Å². The van der Waals surface area contributed by atoms with Gasteiger partial charge in [-0.2, -0.15) is 0 Å². The van der Waals surface area contributed by atoms with Crippen molar-refractivity contribution in [3.8, 4) is 5.75 Å². The fourth-order valence-corrected chi connectivity index (χ4v) is 2.93. The zero-order valence-corrected chi connectivity index (χ0v) is 11.3. The maximum Gasteiger partial charge on any atom is 0.152 e. The highest BCUT2D eigenvalue weighted by Gasteiger charge is 2.23. The molecule has 3 nitrogen and oxygen atoms in total. The van der Waals surface area contributed by atoms with Gasteiger partial charge in [-0.3, -0.25) is 0 Å². The van der Waals surface area contributed by atoms with Gasteiger partial charge in [0.05, 0.1) is 12.4 Å². The molecule has 0 saturated heterocycles. The predicted octanol–water partition coefficient (Wildman–Crippen LogP) is 4.04. The SMILES string of the molecule is CCCCC[C@H]1CC[C@H](c2ncc(O)cn2)CC1. The minimum Gasteiger partial charge on any atom is -0.505 e. The van der Waals surface area contributed by atoms with Gasteiger partial charge in [0.15, 0.2) is 5.75 Å². The molecule has 3 heteroatoms. The molecule has 0 bridgehead atoms. The highest BCUT2D eigenvalue weighted by molar-refractivity contribution is 5.11. The molecule has 0 aromatic carbocycles. The number of aromatic nitrogens is 2. The molecule has 100 valence electrons. The Balaban J connectivity index is 1.77. The normalized spacial score (nSPS) is 24.1. The Labute approximate surface area is 110 Å². The van der Waals surface area contributed by atoms with E-state index in [4.69, 9.17) is 0 Å². The molecule has 1 fully saturated rings. The van der Waals surface area contributed by atoms with E-state index in [1.807, 2.05) is 0 Å². The second-order valence-electron chi connectivity index (χ2n) is 5.51. The van der Waals surface area contributed by atoms with Crippen molar-refractivity contribution < 1.29 is 5.11 Å². The first kappa shape index (κ1) is 13.3. The quantitative estimate of drug-likeness (QED) is 0.800. The summed E-state index contributed by atoms with van der Waals surface area (Å²) < 4.78 is 0. The van der Waals surface area contributed by atoms with Gasteiger partial charge < -0.3 is 5.11 Å². The molecule has 1 aromatic heterocycles. The van der Waals surface area contributed by atoms with Gasteiger partial charge in [-0.1, -0.05) is 32.6 Å². The van der Waals surface area contributed by atoms with Gasteiger partial charge in [0.1, 0.15) is 5.82 Å². The van der Waals surface area contributed by atoms with Crippen LogP contribution in [-0.2, 0) is 0 Å². The molecule has 0 aliphatic heterocycles. The lowest BCUT2D eigenvalue weighted by atomic mass is 9.79. The Morgan fingerprint density at radius 3 is 2.39 bits per heavy atom. The largest absolute Gasteiger partial charge is 0.505 e. The Kier molecular flexibility index (Phi) is 4.97. The van der Waals surface area contributed by atoms with Crippen molar-refractivity contribution in [3.63, 3.8) is 0 Å². The summed E-state index contributed by atoms with van der Waals surface area (Å²) in [5, 5.41) is 9.19. The third-order valence-electron chi connectivity index (χ3n) is 4.09. The molecule has 0 radical (unpaired) electrons. The van der Waals surface area contributed by atoms with Crippen LogP contribution in [0.25, 0.3) is 0 Å². The highest BCUT2D eigenvalue weighted by atomic mass is 16.3. The summed E-state index contributed by atoms with van der Waals surface area (Å²) in [7, 11) is 0. The van der Waals surface area contributed by atoms with E-state index in [2.05, 4.69) is 16.9 Å². The Hall–Kier alpha value is -1.12. The third kappa shape index (κ3) is 3.69. The number of unbranched alkanes of at least 4 members (excludes halogenated alkanes) is 2. The summed E-state index contributed by atoms with van der Waals surface area (Å²) in [6.07, 6.45) is 13.6. The van der Waals surface area contributed by atoms with E-state index in [9.17, 15) is 5.11 Å². The summed E-state index contributed by atoms with van der Waals surface area (Å²) >= 11 is 0. The Morgan fingerprint density at radius 1 is 1.11 bits per heavy atom. The maximum absolute atomic E-state index is 9.19. The fraction of sp³-hybridized carbons (Fsp3) is 0.733. The molecular weight excluding hydrogens is 224 g/mol. The second kappa shape index (κ2) is 6.72. The van der Waals surface area contributed by atoms with E-state index < -0.39 is 0 Å². The molecule has 1 aliphatic rings. The average molecular weight is 248 g/mol. The van der Waals surface area contributed by atoms with Crippen LogP contribution in [0, 0.1) is 5.92 Å². The first-order valence-corrected chi connectivity index (χ1v) is 7.30. The number of nitrogens with zero attached hydrogens (tertiary/aromatic N) is 2. The van der Waals surface area contributed by atoms with E-state index in [0.717, 1.165) is 11.7 Å². The van der Waals surface area contributed by atoms with Crippen molar-refractivity contribution in [2.75, 3.05) is 0 Å². The monoisotopic (exact) mass is 248 g/mol. The summed E-state index contributed by atoms with van der Waals surface area (Å²) in [6, 6.07) is 0. The van der Waals surface area contributed by atoms with E-state index >= 15 is 0 Å². The molecule has 0 spiro atoms. The van der Waals surface area contributed by atoms with Crippen LogP contribution in [0.2, 0.25) is 0 Å². The summed E-state index contributed by atoms with van der Waals surface area (Å²) in [5.74, 6) is 2.50. The molecule has 2 rings (SSSR count). The minimum atomic E-state index is 0.159. The Morgan fingerprint density at radius 2 is 1.78 bits per heavy atom. The number of hydrogen-bond acceptors (Lipinski definition) is 3. The minimum absolute atomic E-state index is 0.159. The van der Waals surface area contributed by atoms with Gasteiger partial charge >= 0.3 is 0 Å². The molecule has 1 aliphatic carbocycles. The Bertz CT molecular complexity index is 342. The molecule has 0 unspecified atom stereocenters. The summed E-state index contributed by atoms with van der Waals surface area (Å²) in [6.45, 7) is 2.26. The van der Waals surface area contributed by atoms with Gasteiger partial charge in [0.2, 0.25) is 0 Å². The number of hydrogen-bond donors (Lipinski definition) is 1. The molecule has 1 N–H and O–H groups in total. The number of aromatic hydroxyl groups is 1. The van der Waals surface area contributed by atoms with Crippen LogP contribution in [0.1, 0.15) is 70.0 Å². The van der Waals surface area contributed by atoms with Crippen molar-refractivity contribution >= 4 is 0 Å². The zero-order chi connectivity index (χ0) is 12.8. The molecule has 18 heavy (non-hydrogen) atoms. The van der Waals surface area contributed by atoms with Crippen LogP contribution in [0.5, 0.6) is 5.75 Å². The van der Waals surface area contributed by atoms with Crippen LogP contribution in [0.3, 0.4) is 0 Å². The molecule has 0 amide bonds. The molecule has 1 aromatic rings. The van der Waals surface area contributed by atoms with Crippen molar-refractivity contribution in [2.45, 2.75) is 64.2 Å². The van der Waals surface area contributed by atoms with Crippen LogP contribution < -0.4 is 0 Å². The van der Waals surface area contributed by atoms with Gasteiger partial charge in [0, 0.05) is 5.92 Å². The maximum atomic E-state index is 9.19. The molecule has 1 heterocycles. The van der Waals surface area contributed by atoms with Crippen LogP contribution >= 0.6 is 0 Å². The van der Waals surface area contributed by atoms with Crippen LogP contribution in [0.4, 0.5) is 0 Å². The second-order valence-corrected chi connectivity index (χ2v) is 5.51. The van der Waals surface area contributed by atoms with Gasteiger partial charge in [-0.15, -0.1) is 0 Å². The molecular formula is C15H24N2O. The summed E-state index contributed by atoms with van der Waals surface area (Å²) in [4.78, 5) is 8.48. The summed E-state index contributed by atoms with van der Waals surface area (Å²) in [5.41, 5.74) is 0. The lowest BCUT2D eigenvalue weighted by Gasteiger charge is -2.27. The topological polar surface area (TPSA) is 46.0 Å². The lowest BCUT2D eigenvalue weighted by Crippen LogP contribution is -2.15. The van der Waals surface area contributed by atoms with Gasteiger partial charge in [0.25, 0.3) is 0 Å². The lowest BCUT2D eigenvalue weighted by molar-refractivity contribution is 0.296. The van der Waals surface area contributed by atoms with Gasteiger partial charge in [-0.25, -0.2) is 9.97 Å².